The molecule has 2 aromatic carbocycles. The molecule has 0 N–H and O–H groups in total. The van der Waals surface area contributed by atoms with Crippen molar-refractivity contribution in [1.29, 1.82) is 5.26 Å². The number of nitriles is 1. The minimum atomic E-state index is 0.0769. The van der Waals surface area contributed by atoms with Crippen LogP contribution in [-0.4, -0.2) is 16.5 Å². The van der Waals surface area contributed by atoms with Crippen molar-refractivity contribution >= 4 is 17.5 Å². The third-order valence-corrected chi connectivity index (χ3v) is 6.82. The number of aryl methyl sites for hydroxylation is 4. The van der Waals surface area contributed by atoms with Gasteiger partial charge in [-0.25, -0.2) is 4.98 Å². The van der Waals surface area contributed by atoms with E-state index in [4.69, 9.17) is 4.98 Å². The number of rotatable bonds is 5. The van der Waals surface area contributed by atoms with E-state index in [0.29, 0.717) is 10.6 Å². The molecule has 150 valence electrons. The second-order valence-electron chi connectivity index (χ2n) is 7.89. The number of carbonyl (C=O) groups excluding carboxylic acids is 1. The summed E-state index contributed by atoms with van der Waals surface area (Å²) in [6.07, 6.45) is 2.94. The van der Waals surface area contributed by atoms with Crippen LogP contribution in [0.5, 0.6) is 0 Å². The van der Waals surface area contributed by atoms with Gasteiger partial charge in [0.1, 0.15) is 11.1 Å². The maximum atomic E-state index is 13.0. The van der Waals surface area contributed by atoms with E-state index >= 15 is 0 Å². The van der Waals surface area contributed by atoms with Gasteiger partial charge in [-0.15, -0.1) is 0 Å². The highest BCUT2D eigenvalue weighted by atomic mass is 32.2. The fraction of sp³-hybridized carbons (Fsp3) is 0.269. The van der Waals surface area contributed by atoms with E-state index in [1.807, 2.05) is 50.2 Å². The van der Waals surface area contributed by atoms with Crippen molar-refractivity contribution in [3.8, 4) is 17.2 Å². The minimum absolute atomic E-state index is 0.0769. The number of ketones is 1. The fourth-order valence-electron chi connectivity index (χ4n) is 4.16. The van der Waals surface area contributed by atoms with Gasteiger partial charge in [0.25, 0.3) is 0 Å². The van der Waals surface area contributed by atoms with Crippen LogP contribution in [0.2, 0.25) is 0 Å². The lowest BCUT2D eigenvalue weighted by Gasteiger charge is -2.15. The van der Waals surface area contributed by atoms with E-state index in [1.54, 1.807) is 0 Å². The summed E-state index contributed by atoms with van der Waals surface area (Å²) < 4.78 is 0. The highest BCUT2D eigenvalue weighted by Crippen LogP contribution is 2.38. The number of hydrogen-bond donors (Lipinski definition) is 0. The van der Waals surface area contributed by atoms with Crippen LogP contribution in [0.1, 0.15) is 50.3 Å². The Labute approximate surface area is 182 Å². The maximum absolute atomic E-state index is 13.0. The Morgan fingerprint density at radius 2 is 1.80 bits per heavy atom. The molecule has 1 heterocycles. The largest absolute Gasteiger partial charge is 0.293 e. The van der Waals surface area contributed by atoms with Gasteiger partial charge in [-0.3, -0.25) is 4.79 Å². The van der Waals surface area contributed by atoms with Crippen LogP contribution >= 0.6 is 11.8 Å². The van der Waals surface area contributed by atoms with Crippen molar-refractivity contribution < 1.29 is 4.79 Å². The van der Waals surface area contributed by atoms with Crippen molar-refractivity contribution in [3.63, 3.8) is 0 Å². The number of nitrogens with zero attached hydrogens (tertiary/aromatic N) is 2. The lowest BCUT2D eigenvalue weighted by Crippen LogP contribution is -2.07. The topological polar surface area (TPSA) is 53.8 Å². The zero-order chi connectivity index (χ0) is 21.3. The summed E-state index contributed by atoms with van der Waals surface area (Å²) in [6, 6.07) is 16.5. The zero-order valence-electron chi connectivity index (χ0n) is 17.6. The Morgan fingerprint density at radius 3 is 2.53 bits per heavy atom. The SMILES string of the molecule is Cc1cc(C)c(C(=O)CSc2nc3c(c(-c4ccccc4)c2C#N)CCC3)cc1C. The molecule has 0 radical (unpaired) electrons. The molecular weight excluding hydrogens is 388 g/mol. The van der Waals surface area contributed by atoms with Crippen LogP contribution in [0.25, 0.3) is 11.1 Å². The van der Waals surface area contributed by atoms with E-state index in [9.17, 15) is 10.1 Å². The predicted octanol–water partition coefficient (Wildman–Crippen LogP) is 6.01. The van der Waals surface area contributed by atoms with Crippen LogP contribution in [0.15, 0.2) is 47.5 Å². The van der Waals surface area contributed by atoms with Gasteiger partial charge in [0, 0.05) is 16.8 Å². The number of thioether (sulfide) groups is 1. The molecule has 0 bridgehead atoms. The summed E-state index contributed by atoms with van der Waals surface area (Å²) in [5.74, 6) is 0.353. The summed E-state index contributed by atoms with van der Waals surface area (Å²) in [5, 5.41) is 10.7. The number of aromatic nitrogens is 1. The maximum Gasteiger partial charge on any atom is 0.173 e. The Kier molecular flexibility index (Phi) is 5.74. The van der Waals surface area contributed by atoms with Crippen LogP contribution in [-0.2, 0) is 12.8 Å². The fourth-order valence-corrected chi connectivity index (χ4v) is 5.05. The van der Waals surface area contributed by atoms with Gasteiger partial charge in [0.15, 0.2) is 5.78 Å². The van der Waals surface area contributed by atoms with E-state index in [0.717, 1.165) is 52.8 Å². The summed E-state index contributed by atoms with van der Waals surface area (Å²) in [4.78, 5) is 17.8. The van der Waals surface area contributed by atoms with Gasteiger partial charge in [0.2, 0.25) is 0 Å². The van der Waals surface area contributed by atoms with Gasteiger partial charge in [-0.2, -0.15) is 5.26 Å². The van der Waals surface area contributed by atoms with Gasteiger partial charge in [-0.1, -0.05) is 48.2 Å². The molecule has 0 aliphatic heterocycles. The number of benzene rings is 2. The molecular formula is C26H24N2OS. The number of Topliss-reactive ketones (excluding diaryl/α,β-unsaturated/α-hetero) is 1. The van der Waals surface area contributed by atoms with Crippen molar-refractivity contribution in [2.45, 2.75) is 45.1 Å². The molecule has 30 heavy (non-hydrogen) atoms. The number of fused-ring (bicyclic) bond motifs is 1. The van der Waals surface area contributed by atoms with Crippen molar-refractivity contribution in [1.82, 2.24) is 4.98 Å². The standard InChI is InChI=1S/C26H24N2OS/c1-16-12-18(3)21(13-17(16)2)24(29)15-30-26-22(14-27)25(19-8-5-4-6-9-19)20-10-7-11-23(20)28-26/h4-6,8-9,12-13H,7,10-11,15H2,1-3H3. The van der Waals surface area contributed by atoms with Gasteiger partial charge >= 0.3 is 0 Å². The first kappa shape index (κ1) is 20.4. The van der Waals surface area contributed by atoms with Crippen LogP contribution in [0.4, 0.5) is 0 Å². The summed E-state index contributed by atoms with van der Waals surface area (Å²) in [7, 11) is 0. The minimum Gasteiger partial charge on any atom is -0.293 e. The van der Waals surface area contributed by atoms with Crippen LogP contribution < -0.4 is 0 Å². The average Bonchev–Trinajstić information content (AvgIpc) is 3.22. The molecule has 0 spiro atoms. The molecule has 0 amide bonds. The number of hydrogen-bond acceptors (Lipinski definition) is 4. The van der Waals surface area contributed by atoms with E-state index in [-0.39, 0.29) is 11.5 Å². The number of carbonyl (C=O) groups is 1. The lowest BCUT2D eigenvalue weighted by atomic mass is 9.95. The number of pyridine rings is 1. The van der Waals surface area contributed by atoms with E-state index in [1.165, 1.54) is 22.9 Å². The van der Waals surface area contributed by atoms with Crippen LogP contribution in [0, 0.1) is 32.1 Å². The molecule has 1 aliphatic rings. The second-order valence-corrected chi connectivity index (χ2v) is 8.85. The van der Waals surface area contributed by atoms with Gasteiger partial charge < -0.3 is 0 Å². The highest BCUT2D eigenvalue weighted by Gasteiger charge is 2.25. The lowest BCUT2D eigenvalue weighted by molar-refractivity contribution is 0.102. The molecule has 4 rings (SSSR count). The molecule has 0 fully saturated rings. The Bertz CT molecular complexity index is 1180. The van der Waals surface area contributed by atoms with Crippen molar-refractivity contribution in [2.75, 3.05) is 5.75 Å². The molecule has 3 aromatic rings. The molecule has 3 nitrogen and oxygen atoms in total. The third kappa shape index (κ3) is 3.78. The zero-order valence-corrected chi connectivity index (χ0v) is 18.4. The third-order valence-electron chi connectivity index (χ3n) is 5.85. The second kappa shape index (κ2) is 8.45. The molecule has 1 aliphatic carbocycles. The smallest absolute Gasteiger partial charge is 0.173 e. The van der Waals surface area contributed by atoms with Crippen molar-refractivity contribution in [2.24, 2.45) is 0 Å². The van der Waals surface area contributed by atoms with Gasteiger partial charge in [0.05, 0.1) is 11.3 Å². The molecule has 0 unspecified atom stereocenters. The quantitative estimate of drug-likeness (QED) is 0.380. The first-order valence-electron chi connectivity index (χ1n) is 10.2. The van der Waals surface area contributed by atoms with E-state index < -0.39 is 0 Å². The summed E-state index contributed by atoms with van der Waals surface area (Å²) in [6.45, 7) is 6.07. The van der Waals surface area contributed by atoms with Crippen molar-refractivity contribution in [3.05, 3.63) is 81.5 Å². The normalized spacial score (nSPS) is 12.5. The molecule has 0 saturated heterocycles. The van der Waals surface area contributed by atoms with E-state index in [2.05, 4.69) is 19.1 Å². The summed E-state index contributed by atoms with van der Waals surface area (Å²) >= 11 is 1.39. The predicted molar refractivity (Wildman–Crippen MR) is 122 cm³/mol. The monoisotopic (exact) mass is 412 g/mol. The first-order valence-corrected chi connectivity index (χ1v) is 11.2. The Hall–Kier alpha value is -2.90. The average molecular weight is 413 g/mol. The highest BCUT2D eigenvalue weighted by molar-refractivity contribution is 8.00. The molecule has 0 atom stereocenters. The molecule has 1 aromatic heterocycles. The summed E-state index contributed by atoms with van der Waals surface area (Å²) in [5.41, 5.74) is 8.97. The molecule has 0 saturated carbocycles. The Balaban J connectivity index is 1.70. The van der Waals surface area contributed by atoms with Crippen LogP contribution in [0.3, 0.4) is 0 Å². The molecule has 4 heteroatoms. The van der Waals surface area contributed by atoms with Gasteiger partial charge in [-0.05, 0) is 73.9 Å². The first-order chi connectivity index (χ1) is 14.5. The Morgan fingerprint density at radius 1 is 1.07 bits per heavy atom.